The molecule has 1 atom stereocenters. The van der Waals surface area contributed by atoms with Gasteiger partial charge in [0.15, 0.2) is 0 Å². The minimum atomic E-state index is -2.08. The highest BCUT2D eigenvalue weighted by molar-refractivity contribution is 9.10. The number of ether oxygens (including phenoxy) is 1. The standard InChI is InChI=1S/C13H12BrNO4/c1-7(11(16)19-3)13(18)9-6-8(14)4-5-10(9)15(2)12(13)17/h4-6,18H,1H2,2-3H3. The molecule has 6 heteroatoms. The summed E-state index contributed by atoms with van der Waals surface area (Å²) in [6.45, 7) is 3.51. The largest absolute Gasteiger partial charge is 0.466 e. The molecule has 19 heavy (non-hydrogen) atoms. The van der Waals surface area contributed by atoms with Crippen LogP contribution in [0.4, 0.5) is 5.69 Å². The number of anilines is 1. The number of benzene rings is 1. The molecule has 0 spiro atoms. The van der Waals surface area contributed by atoms with Crippen LogP contribution in [0.25, 0.3) is 0 Å². The summed E-state index contributed by atoms with van der Waals surface area (Å²) in [5, 5.41) is 10.7. The summed E-state index contributed by atoms with van der Waals surface area (Å²) in [7, 11) is 2.69. The van der Waals surface area contributed by atoms with Gasteiger partial charge >= 0.3 is 5.97 Å². The van der Waals surface area contributed by atoms with E-state index in [2.05, 4.69) is 27.2 Å². The molecule has 1 aromatic rings. The van der Waals surface area contributed by atoms with Crippen molar-refractivity contribution in [2.24, 2.45) is 0 Å². The zero-order valence-corrected chi connectivity index (χ0v) is 12.0. The van der Waals surface area contributed by atoms with Gasteiger partial charge in [0.2, 0.25) is 5.60 Å². The summed E-state index contributed by atoms with van der Waals surface area (Å²) in [4.78, 5) is 25.1. The van der Waals surface area contributed by atoms with Crippen LogP contribution in [0.1, 0.15) is 5.56 Å². The highest BCUT2D eigenvalue weighted by Gasteiger charge is 2.53. The normalized spacial score (nSPS) is 21.3. The molecule has 0 radical (unpaired) electrons. The summed E-state index contributed by atoms with van der Waals surface area (Å²) in [6.07, 6.45) is 0. The van der Waals surface area contributed by atoms with Crippen molar-refractivity contribution in [3.63, 3.8) is 0 Å². The van der Waals surface area contributed by atoms with Crippen LogP contribution >= 0.6 is 15.9 Å². The van der Waals surface area contributed by atoms with Crippen LogP contribution in [0, 0.1) is 0 Å². The van der Waals surface area contributed by atoms with Crippen molar-refractivity contribution in [2.45, 2.75) is 5.60 Å². The Morgan fingerprint density at radius 2 is 2.16 bits per heavy atom. The predicted molar refractivity (Wildman–Crippen MR) is 72.6 cm³/mol. The molecule has 1 unspecified atom stereocenters. The minimum Gasteiger partial charge on any atom is -0.466 e. The van der Waals surface area contributed by atoms with Gasteiger partial charge in [0.05, 0.1) is 18.4 Å². The number of amides is 1. The molecule has 100 valence electrons. The van der Waals surface area contributed by atoms with Crippen LogP contribution in [-0.2, 0) is 19.9 Å². The lowest BCUT2D eigenvalue weighted by Crippen LogP contribution is -2.42. The fourth-order valence-corrected chi connectivity index (χ4v) is 2.48. The number of likely N-dealkylation sites (N-methyl/N-ethyl adjacent to an activating group) is 1. The minimum absolute atomic E-state index is 0.302. The Morgan fingerprint density at radius 1 is 1.53 bits per heavy atom. The fourth-order valence-electron chi connectivity index (χ4n) is 2.12. The van der Waals surface area contributed by atoms with Gasteiger partial charge in [-0.1, -0.05) is 22.5 Å². The number of halogens is 1. The lowest BCUT2D eigenvalue weighted by molar-refractivity contribution is -0.144. The number of carbonyl (C=O) groups excluding carboxylic acids is 2. The zero-order valence-electron chi connectivity index (χ0n) is 10.4. The first-order valence-electron chi connectivity index (χ1n) is 5.42. The van der Waals surface area contributed by atoms with Gasteiger partial charge < -0.3 is 14.7 Å². The van der Waals surface area contributed by atoms with E-state index in [-0.39, 0.29) is 5.57 Å². The summed E-state index contributed by atoms with van der Waals surface area (Å²) < 4.78 is 5.22. The highest BCUT2D eigenvalue weighted by atomic mass is 79.9. The molecule has 1 aliphatic rings. The van der Waals surface area contributed by atoms with Crippen molar-refractivity contribution >= 4 is 33.5 Å². The third-order valence-electron chi connectivity index (χ3n) is 3.19. The van der Waals surface area contributed by atoms with E-state index in [0.717, 1.165) is 0 Å². The second kappa shape index (κ2) is 4.47. The van der Waals surface area contributed by atoms with Gasteiger partial charge in [-0.3, -0.25) is 4.79 Å². The number of hydrogen-bond donors (Lipinski definition) is 1. The van der Waals surface area contributed by atoms with Gasteiger partial charge in [-0.25, -0.2) is 4.79 Å². The van der Waals surface area contributed by atoms with Gasteiger partial charge in [-0.15, -0.1) is 0 Å². The molecule has 1 N–H and O–H groups in total. The molecule has 5 nitrogen and oxygen atoms in total. The van der Waals surface area contributed by atoms with E-state index in [4.69, 9.17) is 0 Å². The number of fused-ring (bicyclic) bond motifs is 1. The maximum Gasteiger partial charge on any atom is 0.336 e. The summed E-state index contributed by atoms with van der Waals surface area (Å²) >= 11 is 3.27. The predicted octanol–water partition coefficient (Wildman–Crippen LogP) is 1.34. The van der Waals surface area contributed by atoms with Gasteiger partial charge in [0, 0.05) is 17.1 Å². The number of aliphatic hydroxyl groups is 1. The molecule has 0 aromatic heterocycles. The molecule has 0 bridgehead atoms. The SMILES string of the molecule is C=C(C(=O)OC)C1(O)C(=O)N(C)c2ccc(Br)cc21. The molecule has 0 saturated carbocycles. The molecule has 0 fully saturated rings. The number of hydrogen-bond acceptors (Lipinski definition) is 4. The Morgan fingerprint density at radius 3 is 2.74 bits per heavy atom. The van der Waals surface area contributed by atoms with Crippen molar-refractivity contribution in [3.05, 3.63) is 40.4 Å². The van der Waals surface area contributed by atoms with Crippen LogP contribution in [0.5, 0.6) is 0 Å². The Bertz CT molecular complexity index is 598. The van der Waals surface area contributed by atoms with Crippen molar-refractivity contribution in [2.75, 3.05) is 19.1 Å². The Labute approximate surface area is 118 Å². The summed E-state index contributed by atoms with van der Waals surface area (Å²) in [6, 6.07) is 5.01. The molecule has 1 heterocycles. The molecule has 1 aromatic carbocycles. The van der Waals surface area contributed by atoms with Crippen LogP contribution < -0.4 is 4.90 Å². The second-order valence-corrected chi connectivity index (χ2v) is 5.12. The third-order valence-corrected chi connectivity index (χ3v) is 3.69. The van der Waals surface area contributed by atoms with E-state index >= 15 is 0 Å². The average Bonchev–Trinajstić information content (AvgIpc) is 2.60. The summed E-state index contributed by atoms with van der Waals surface area (Å²) in [5.41, 5.74) is -1.55. The van der Waals surface area contributed by atoms with Crippen molar-refractivity contribution < 1.29 is 19.4 Å². The first-order valence-corrected chi connectivity index (χ1v) is 6.21. The lowest BCUT2D eigenvalue weighted by atomic mass is 9.88. The lowest BCUT2D eigenvalue weighted by Gasteiger charge is -2.22. The highest BCUT2D eigenvalue weighted by Crippen LogP contribution is 2.44. The Hall–Kier alpha value is -1.66. The molecular formula is C13H12BrNO4. The quantitative estimate of drug-likeness (QED) is 0.658. The van der Waals surface area contributed by atoms with Crippen LogP contribution in [0.2, 0.25) is 0 Å². The van der Waals surface area contributed by atoms with Crippen molar-refractivity contribution in [3.8, 4) is 0 Å². The fraction of sp³-hybridized carbons (Fsp3) is 0.231. The van der Waals surface area contributed by atoms with Crippen molar-refractivity contribution in [1.82, 2.24) is 0 Å². The van der Waals surface area contributed by atoms with E-state index < -0.39 is 17.5 Å². The smallest absolute Gasteiger partial charge is 0.336 e. The molecule has 1 aliphatic heterocycles. The Kier molecular flexibility index (Phi) is 3.24. The molecular weight excluding hydrogens is 314 g/mol. The summed E-state index contributed by atoms with van der Waals surface area (Å²) in [5.74, 6) is -1.45. The molecule has 2 rings (SSSR count). The van der Waals surface area contributed by atoms with E-state index in [1.807, 2.05) is 0 Å². The van der Waals surface area contributed by atoms with Crippen LogP contribution in [-0.4, -0.2) is 31.1 Å². The number of esters is 1. The van der Waals surface area contributed by atoms with Crippen LogP contribution in [0.15, 0.2) is 34.8 Å². The van der Waals surface area contributed by atoms with Crippen molar-refractivity contribution in [1.29, 1.82) is 0 Å². The van der Waals surface area contributed by atoms with E-state index in [9.17, 15) is 14.7 Å². The number of methoxy groups -OCH3 is 1. The van der Waals surface area contributed by atoms with Gasteiger partial charge in [-0.2, -0.15) is 0 Å². The van der Waals surface area contributed by atoms with Gasteiger partial charge in [-0.05, 0) is 18.2 Å². The van der Waals surface area contributed by atoms with E-state index in [1.165, 1.54) is 19.1 Å². The number of rotatable bonds is 2. The van der Waals surface area contributed by atoms with Gasteiger partial charge in [0.1, 0.15) is 0 Å². The maximum atomic E-state index is 12.2. The maximum absolute atomic E-state index is 12.2. The van der Waals surface area contributed by atoms with E-state index in [0.29, 0.717) is 15.7 Å². The third kappa shape index (κ3) is 1.79. The monoisotopic (exact) mass is 325 g/mol. The topological polar surface area (TPSA) is 66.8 Å². The van der Waals surface area contributed by atoms with E-state index in [1.54, 1.807) is 18.2 Å². The average molecular weight is 326 g/mol. The molecule has 0 aliphatic carbocycles. The molecule has 1 amide bonds. The number of carbonyl (C=O) groups is 2. The zero-order chi connectivity index (χ0) is 14.4. The Balaban J connectivity index is 2.65. The first-order chi connectivity index (χ1) is 8.83. The number of nitrogens with zero attached hydrogens (tertiary/aromatic N) is 1. The first kappa shape index (κ1) is 13.8. The van der Waals surface area contributed by atoms with Gasteiger partial charge in [0.25, 0.3) is 5.91 Å². The second-order valence-electron chi connectivity index (χ2n) is 4.21. The molecule has 0 saturated heterocycles. The van der Waals surface area contributed by atoms with Crippen LogP contribution in [0.3, 0.4) is 0 Å².